The zero-order valence-corrected chi connectivity index (χ0v) is 11.3. The number of rotatable bonds is 3. The molecule has 18 heavy (non-hydrogen) atoms. The van der Waals surface area contributed by atoms with E-state index in [0.29, 0.717) is 16.5 Å². The van der Waals surface area contributed by atoms with Crippen molar-refractivity contribution in [2.75, 3.05) is 12.3 Å². The first-order valence-corrected chi connectivity index (χ1v) is 7.25. The van der Waals surface area contributed by atoms with Gasteiger partial charge < -0.3 is 15.8 Å². The average Bonchev–Trinajstić information content (AvgIpc) is 2.99. The molecule has 1 aliphatic carbocycles. The minimum absolute atomic E-state index is 0.0130. The van der Waals surface area contributed by atoms with Gasteiger partial charge in [0.25, 0.3) is 5.91 Å². The normalized spacial score (nSPS) is 27.4. The van der Waals surface area contributed by atoms with Crippen molar-refractivity contribution in [3.05, 3.63) is 15.8 Å². The molecule has 1 aromatic rings. The van der Waals surface area contributed by atoms with Crippen molar-refractivity contribution in [3.63, 3.8) is 0 Å². The molecule has 2 fully saturated rings. The van der Waals surface area contributed by atoms with E-state index in [1.165, 1.54) is 24.2 Å². The fourth-order valence-corrected chi connectivity index (χ4v) is 3.35. The lowest BCUT2D eigenvalue weighted by molar-refractivity contribution is 0.0731. The van der Waals surface area contributed by atoms with E-state index < -0.39 is 0 Å². The van der Waals surface area contributed by atoms with E-state index in [9.17, 15) is 4.79 Å². The summed E-state index contributed by atoms with van der Waals surface area (Å²) in [5.74, 6) is 0.647. The number of aryl methyl sites for hydroxylation is 1. The van der Waals surface area contributed by atoms with Crippen LogP contribution in [-0.4, -0.2) is 24.7 Å². The standard InChI is InChI=1S/C13H18N2O2S/c1-7-9(14)6-11(18-7)13(16)15-10-4-5-17-12(10)8-2-3-8/h6,8,10,12H,2-5,14H2,1H3,(H,15,16). The number of carbonyl (C=O) groups excluding carboxylic acids is 1. The smallest absolute Gasteiger partial charge is 0.261 e. The van der Waals surface area contributed by atoms with E-state index >= 15 is 0 Å². The predicted molar refractivity (Wildman–Crippen MR) is 71.8 cm³/mol. The molecule has 1 saturated heterocycles. The molecule has 0 spiro atoms. The molecule has 1 aliphatic heterocycles. The molecule has 0 bridgehead atoms. The summed E-state index contributed by atoms with van der Waals surface area (Å²) in [6.45, 7) is 2.69. The topological polar surface area (TPSA) is 64.3 Å². The fourth-order valence-electron chi connectivity index (χ4n) is 2.50. The number of hydrogen-bond acceptors (Lipinski definition) is 4. The molecule has 0 aromatic carbocycles. The van der Waals surface area contributed by atoms with E-state index in [-0.39, 0.29) is 18.1 Å². The summed E-state index contributed by atoms with van der Waals surface area (Å²) < 4.78 is 5.72. The number of carbonyl (C=O) groups is 1. The summed E-state index contributed by atoms with van der Waals surface area (Å²) in [5, 5.41) is 3.10. The first-order valence-electron chi connectivity index (χ1n) is 6.43. The van der Waals surface area contributed by atoms with Gasteiger partial charge in [0.15, 0.2) is 0 Å². The van der Waals surface area contributed by atoms with Gasteiger partial charge in [0.05, 0.1) is 17.0 Å². The van der Waals surface area contributed by atoms with Crippen molar-refractivity contribution >= 4 is 22.9 Å². The Labute approximate surface area is 111 Å². The van der Waals surface area contributed by atoms with Crippen LogP contribution in [-0.2, 0) is 4.74 Å². The highest BCUT2D eigenvalue weighted by Crippen LogP contribution is 2.38. The molecule has 0 radical (unpaired) electrons. The number of nitrogen functional groups attached to an aromatic ring is 1. The summed E-state index contributed by atoms with van der Waals surface area (Å²) in [5.41, 5.74) is 6.48. The van der Waals surface area contributed by atoms with E-state index in [0.717, 1.165) is 17.9 Å². The molecule has 2 aliphatic rings. The second-order valence-electron chi connectivity index (χ2n) is 5.16. The molecule has 1 amide bonds. The minimum Gasteiger partial charge on any atom is -0.398 e. The number of ether oxygens (including phenoxy) is 1. The Balaban J connectivity index is 1.66. The Morgan fingerprint density at radius 2 is 2.28 bits per heavy atom. The second kappa shape index (κ2) is 4.55. The quantitative estimate of drug-likeness (QED) is 0.878. The van der Waals surface area contributed by atoms with Crippen molar-refractivity contribution in [3.8, 4) is 0 Å². The van der Waals surface area contributed by atoms with Crippen molar-refractivity contribution in [1.29, 1.82) is 0 Å². The van der Waals surface area contributed by atoms with Crippen molar-refractivity contribution in [2.45, 2.75) is 38.3 Å². The van der Waals surface area contributed by atoms with Crippen LogP contribution in [0.2, 0.25) is 0 Å². The molecule has 98 valence electrons. The number of nitrogens with one attached hydrogen (secondary N) is 1. The summed E-state index contributed by atoms with van der Waals surface area (Å²) in [7, 11) is 0. The molecule has 1 aromatic heterocycles. The molecular formula is C13H18N2O2S. The first kappa shape index (κ1) is 12.0. The largest absolute Gasteiger partial charge is 0.398 e. The zero-order chi connectivity index (χ0) is 12.7. The molecule has 3 rings (SSSR count). The maximum Gasteiger partial charge on any atom is 0.261 e. The highest BCUT2D eigenvalue weighted by molar-refractivity contribution is 7.14. The molecule has 4 nitrogen and oxygen atoms in total. The van der Waals surface area contributed by atoms with Gasteiger partial charge >= 0.3 is 0 Å². The Hall–Kier alpha value is -1.07. The maximum absolute atomic E-state index is 12.1. The van der Waals surface area contributed by atoms with Crippen molar-refractivity contribution in [1.82, 2.24) is 5.32 Å². The highest BCUT2D eigenvalue weighted by Gasteiger charge is 2.41. The van der Waals surface area contributed by atoms with E-state index in [2.05, 4.69) is 5.32 Å². The summed E-state index contributed by atoms with van der Waals surface area (Å²) in [4.78, 5) is 13.8. The van der Waals surface area contributed by atoms with E-state index in [4.69, 9.17) is 10.5 Å². The van der Waals surface area contributed by atoms with Crippen LogP contribution in [0, 0.1) is 12.8 Å². The van der Waals surface area contributed by atoms with Crippen LogP contribution in [0.1, 0.15) is 33.8 Å². The third-order valence-electron chi connectivity index (χ3n) is 3.72. The van der Waals surface area contributed by atoms with Crippen LogP contribution in [0.5, 0.6) is 0 Å². The molecule has 1 saturated carbocycles. The number of anilines is 1. The van der Waals surface area contributed by atoms with E-state index in [1.807, 2.05) is 6.92 Å². The maximum atomic E-state index is 12.1. The Morgan fingerprint density at radius 1 is 1.50 bits per heavy atom. The van der Waals surface area contributed by atoms with Crippen molar-refractivity contribution in [2.24, 2.45) is 5.92 Å². The van der Waals surface area contributed by atoms with Gasteiger partial charge in [0.1, 0.15) is 0 Å². The molecule has 2 heterocycles. The number of nitrogens with two attached hydrogens (primary N) is 1. The third kappa shape index (κ3) is 2.24. The summed E-state index contributed by atoms with van der Waals surface area (Å²) in [6, 6.07) is 1.94. The van der Waals surface area contributed by atoms with Crippen LogP contribution in [0.15, 0.2) is 6.07 Å². The van der Waals surface area contributed by atoms with Crippen molar-refractivity contribution < 1.29 is 9.53 Å². The van der Waals surface area contributed by atoms with Crippen LogP contribution >= 0.6 is 11.3 Å². The van der Waals surface area contributed by atoms with Gasteiger partial charge in [-0.25, -0.2) is 0 Å². The lowest BCUT2D eigenvalue weighted by Gasteiger charge is -2.18. The minimum atomic E-state index is -0.0130. The fraction of sp³-hybridized carbons (Fsp3) is 0.615. The van der Waals surface area contributed by atoms with Gasteiger partial charge in [-0.15, -0.1) is 11.3 Å². The SMILES string of the molecule is Cc1sc(C(=O)NC2CCOC2C2CC2)cc1N. The number of amides is 1. The number of hydrogen-bond donors (Lipinski definition) is 2. The van der Waals surface area contributed by atoms with Gasteiger partial charge in [-0.05, 0) is 38.2 Å². The zero-order valence-electron chi connectivity index (χ0n) is 10.4. The summed E-state index contributed by atoms with van der Waals surface area (Å²) >= 11 is 1.45. The van der Waals surface area contributed by atoms with Gasteiger partial charge in [-0.1, -0.05) is 0 Å². The number of thiophene rings is 1. The molecule has 3 N–H and O–H groups in total. The van der Waals surface area contributed by atoms with E-state index in [1.54, 1.807) is 6.07 Å². The second-order valence-corrected chi connectivity index (χ2v) is 6.42. The molecule has 2 atom stereocenters. The van der Waals surface area contributed by atoms with Gasteiger partial charge in [-0.2, -0.15) is 0 Å². The highest BCUT2D eigenvalue weighted by atomic mass is 32.1. The average molecular weight is 266 g/mol. The molecule has 5 heteroatoms. The lowest BCUT2D eigenvalue weighted by atomic mass is 10.1. The van der Waals surface area contributed by atoms with Gasteiger partial charge in [0, 0.05) is 17.2 Å². The Kier molecular flexibility index (Phi) is 3.03. The van der Waals surface area contributed by atoms with Crippen LogP contribution in [0.25, 0.3) is 0 Å². The van der Waals surface area contributed by atoms with Crippen LogP contribution in [0.4, 0.5) is 5.69 Å². The first-order chi connectivity index (χ1) is 8.65. The Morgan fingerprint density at radius 3 is 2.89 bits per heavy atom. The Bertz CT molecular complexity index is 448. The third-order valence-corrected chi connectivity index (χ3v) is 4.78. The van der Waals surface area contributed by atoms with Gasteiger partial charge in [0.2, 0.25) is 0 Å². The molecular weight excluding hydrogens is 248 g/mol. The van der Waals surface area contributed by atoms with Crippen LogP contribution in [0.3, 0.4) is 0 Å². The monoisotopic (exact) mass is 266 g/mol. The van der Waals surface area contributed by atoms with Crippen LogP contribution < -0.4 is 11.1 Å². The lowest BCUT2D eigenvalue weighted by Crippen LogP contribution is -2.41. The predicted octanol–water partition coefficient (Wildman–Crippen LogP) is 1.94. The molecule has 2 unspecified atom stereocenters. The summed E-state index contributed by atoms with van der Waals surface area (Å²) in [6.07, 6.45) is 3.63. The van der Waals surface area contributed by atoms with Gasteiger partial charge in [-0.3, -0.25) is 4.79 Å².